The molecule has 1 aromatic carbocycles. The maximum absolute atomic E-state index is 11.9. The van der Waals surface area contributed by atoms with Gasteiger partial charge in [0.25, 0.3) is 0 Å². The fraction of sp³-hybridized carbons (Fsp3) is 0.667. The topological polar surface area (TPSA) is 89.9 Å². The molecule has 0 amide bonds. The molecule has 1 heterocycles. The van der Waals surface area contributed by atoms with E-state index < -0.39 is 27.5 Å². The molecule has 6 nitrogen and oxygen atoms in total. The Morgan fingerprint density at radius 2 is 1.97 bits per heavy atom. The maximum atomic E-state index is 11.9. The highest BCUT2D eigenvalue weighted by Crippen LogP contribution is 2.45. The van der Waals surface area contributed by atoms with E-state index in [1.54, 1.807) is 6.07 Å². The summed E-state index contributed by atoms with van der Waals surface area (Å²) in [5.41, 5.74) is 0.546. The summed E-state index contributed by atoms with van der Waals surface area (Å²) >= 11 is 6.11. The van der Waals surface area contributed by atoms with Gasteiger partial charge in [-0.15, -0.1) is 0 Å². The molecule has 3 rings (SSSR count). The molecule has 29 heavy (non-hydrogen) atoms. The summed E-state index contributed by atoms with van der Waals surface area (Å²) in [4.78, 5) is 11.9. The first-order chi connectivity index (χ1) is 13.4. The Labute approximate surface area is 177 Å². The number of carbonyl (C=O) groups is 1. The number of benzene rings is 1. The van der Waals surface area contributed by atoms with E-state index in [9.17, 15) is 18.3 Å². The van der Waals surface area contributed by atoms with E-state index in [0.717, 1.165) is 31.9 Å². The van der Waals surface area contributed by atoms with Gasteiger partial charge in [0.2, 0.25) is 0 Å². The average molecular weight is 445 g/mol. The van der Waals surface area contributed by atoms with Crippen molar-refractivity contribution in [3.8, 4) is 0 Å². The molecule has 1 aliphatic heterocycles. The van der Waals surface area contributed by atoms with Crippen molar-refractivity contribution in [2.75, 3.05) is 19.5 Å². The van der Waals surface area contributed by atoms with Gasteiger partial charge in [-0.25, -0.2) is 8.42 Å². The van der Waals surface area contributed by atoms with E-state index in [1.165, 1.54) is 12.1 Å². The lowest BCUT2D eigenvalue weighted by molar-refractivity contribution is -0.296. The van der Waals surface area contributed by atoms with E-state index in [0.29, 0.717) is 31.1 Å². The fourth-order valence-corrected chi connectivity index (χ4v) is 5.52. The minimum absolute atomic E-state index is 0.0133. The van der Waals surface area contributed by atoms with Gasteiger partial charge >= 0.3 is 5.97 Å². The molecule has 0 radical (unpaired) electrons. The monoisotopic (exact) mass is 444 g/mol. The molecule has 1 saturated heterocycles. The Balaban J connectivity index is 1.64. The quantitative estimate of drug-likeness (QED) is 0.704. The second-order valence-electron chi connectivity index (χ2n) is 9.19. The maximum Gasteiger partial charge on any atom is 0.310 e. The summed E-state index contributed by atoms with van der Waals surface area (Å²) in [6, 6.07) is 4.40. The molecule has 1 saturated carbocycles. The first-order valence-electron chi connectivity index (χ1n) is 9.91. The lowest BCUT2D eigenvalue weighted by Crippen LogP contribution is -2.46. The molecule has 2 atom stereocenters. The normalized spacial score (nSPS) is 24.5. The van der Waals surface area contributed by atoms with Crippen LogP contribution in [0.4, 0.5) is 0 Å². The molecule has 1 unspecified atom stereocenters. The van der Waals surface area contributed by atoms with E-state index in [1.807, 2.05) is 0 Å². The standard InChI is InChI=1S/C21H29ClO6S/c1-20(2)12-27-21(28-13-20)9-8-14(11-21)4-6-16(19(23)24)15-5-7-18(17(22)10-15)29(3,25)26/h5,7,10,14,16H,4,6,8-9,11-13H2,1-3H3,(H,23,24)/t14-,16?/m0/s1. The number of hydrogen-bond donors (Lipinski definition) is 1. The number of carboxylic acids is 1. The third kappa shape index (κ3) is 5.32. The molecule has 0 bridgehead atoms. The molecule has 0 aromatic heterocycles. The molecule has 1 aromatic rings. The van der Waals surface area contributed by atoms with Crippen molar-refractivity contribution >= 4 is 27.4 Å². The number of sulfone groups is 1. The van der Waals surface area contributed by atoms with E-state index in [4.69, 9.17) is 21.1 Å². The number of carboxylic acid groups (broad SMARTS) is 1. The van der Waals surface area contributed by atoms with Gasteiger partial charge in [0.15, 0.2) is 15.6 Å². The molecule has 162 valence electrons. The van der Waals surface area contributed by atoms with Crippen LogP contribution in [0.25, 0.3) is 0 Å². The highest BCUT2D eigenvalue weighted by Gasteiger charge is 2.46. The Morgan fingerprint density at radius 1 is 1.31 bits per heavy atom. The molecular weight excluding hydrogens is 416 g/mol. The Bertz CT molecular complexity index is 869. The van der Waals surface area contributed by atoms with Crippen molar-refractivity contribution in [3.63, 3.8) is 0 Å². The van der Waals surface area contributed by atoms with Gasteiger partial charge in [-0.05, 0) is 42.9 Å². The number of ether oxygens (including phenoxy) is 2. The van der Waals surface area contributed by atoms with Gasteiger partial charge in [-0.1, -0.05) is 31.5 Å². The highest BCUT2D eigenvalue weighted by atomic mass is 35.5. The average Bonchev–Trinajstić information content (AvgIpc) is 3.00. The number of rotatable bonds is 6. The Kier molecular flexibility index (Phi) is 6.35. The molecule has 1 spiro atoms. The first-order valence-corrected chi connectivity index (χ1v) is 12.2. The molecular formula is C21H29ClO6S. The van der Waals surface area contributed by atoms with Crippen LogP contribution in [-0.4, -0.2) is 44.8 Å². The zero-order chi connectivity index (χ0) is 21.4. The first kappa shape index (κ1) is 22.5. The largest absolute Gasteiger partial charge is 0.481 e. The van der Waals surface area contributed by atoms with Gasteiger partial charge in [-0.2, -0.15) is 0 Å². The van der Waals surface area contributed by atoms with Gasteiger partial charge in [0.05, 0.1) is 29.0 Å². The fourth-order valence-electron chi connectivity index (χ4n) is 4.18. The van der Waals surface area contributed by atoms with E-state index in [-0.39, 0.29) is 15.3 Å². The summed E-state index contributed by atoms with van der Waals surface area (Å²) in [6.45, 7) is 5.57. The number of hydrogen-bond acceptors (Lipinski definition) is 5. The summed E-state index contributed by atoms with van der Waals surface area (Å²) in [5, 5.41) is 9.77. The smallest absolute Gasteiger partial charge is 0.310 e. The summed E-state index contributed by atoms with van der Waals surface area (Å²) in [7, 11) is -3.45. The zero-order valence-electron chi connectivity index (χ0n) is 17.1. The predicted octanol–water partition coefficient (Wildman–Crippen LogP) is 4.26. The van der Waals surface area contributed by atoms with Crippen molar-refractivity contribution in [1.82, 2.24) is 0 Å². The number of aliphatic carboxylic acids is 1. The van der Waals surface area contributed by atoms with Crippen LogP contribution in [0.1, 0.15) is 57.4 Å². The molecule has 1 aliphatic carbocycles. The van der Waals surface area contributed by atoms with E-state index >= 15 is 0 Å². The second kappa shape index (κ2) is 8.17. The molecule has 8 heteroatoms. The lowest BCUT2D eigenvalue weighted by Gasteiger charge is -2.41. The van der Waals surface area contributed by atoms with Gasteiger partial charge in [-0.3, -0.25) is 4.79 Å². The van der Waals surface area contributed by atoms with Crippen LogP contribution in [-0.2, 0) is 24.1 Å². The highest BCUT2D eigenvalue weighted by molar-refractivity contribution is 7.90. The van der Waals surface area contributed by atoms with Crippen molar-refractivity contribution in [1.29, 1.82) is 0 Å². The van der Waals surface area contributed by atoms with Crippen molar-refractivity contribution in [2.24, 2.45) is 11.3 Å². The van der Waals surface area contributed by atoms with Crippen LogP contribution >= 0.6 is 11.6 Å². The molecule has 2 aliphatic rings. The van der Waals surface area contributed by atoms with Crippen LogP contribution in [0.2, 0.25) is 5.02 Å². The van der Waals surface area contributed by atoms with Crippen LogP contribution in [0.15, 0.2) is 23.1 Å². The minimum Gasteiger partial charge on any atom is -0.481 e. The Morgan fingerprint density at radius 3 is 2.52 bits per heavy atom. The minimum atomic E-state index is -3.45. The Hall–Kier alpha value is -1.15. The number of halogens is 1. The third-order valence-electron chi connectivity index (χ3n) is 5.90. The molecule has 1 N–H and O–H groups in total. The summed E-state index contributed by atoms with van der Waals surface area (Å²) in [6.07, 6.45) is 4.83. The van der Waals surface area contributed by atoms with Crippen LogP contribution < -0.4 is 0 Å². The van der Waals surface area contributed by atoms with Crippen molar-refractivity contribution < 1.29 is 27.8 Å². The summed E-state index contributed by atoms with van der Waals surface area (Å²) in [5.74, 6) is -1.85. The third-order valence-corrected chi connectivity index (χ3v) is 7.48. The zero-order valence-corrected chi connectivity index (χ0v) is 18.7. The lowest BCUT2D eigenvalue weighted by atomic mass is 9.89. The molecule has 2 fully saturated rings. The van der Waals surface area contributed by atoms with Gasteiger partial charge in [0, 0.05) is 24.5 Å². The van der Waals surface area contributed by atoms with E-state index in [2.05, 4.69) is 13.8 Å². The van der Waals surface area contributed by atoms with Crippen LogP contribution in [0.5, 0.6) is 0 Å². The van der Waals surface area contributed by atoms with Crippen molar-refractivity contribution in [3.05, 3.63) is 28.8 Å². The second-order valence-corrected chi connectivity index (χ2v) is 11.6. The van der Waals surface area contributed by atoms with Crippen LogP contribution in [0.3, 0.4) is 0 Å². The van der Waals surface area contributed by atoms with Crippen LogP contribution in [0, 0.1) is 11.3 Å². The predicted molar refractivity (Wildman–Crippen MR) is 110 cm³/mol. The van der Waals surface area contributed by atoms with Crippen molar-refractivity contribution in [2.45, 2.75) is 62.6 Å². The van der Waals surface area contributed by atoms with Gasteiger partial charge < -0.3 is 14.6 Å². The van der Waals surface area contributed by atoms with Gasteiger partial charge in [0.1, 0.15) is 0 Å². The summed E-state index contributed by atoms with van der Waals surface area (Å²) < 4.78 is 35.6. The SMILES string of the molecule is CC1(C)COC2(CC[C@H](CCC(C(=O)O)c3ccc(S(C)(=O)=O)c(Cl)c3)C2)OC1.